The highest BCUT2D eigenvalue weighted by Crippen LogP contribution is 2.05. The third-order valence-corrected chi connectivity index (χ3v) is 1.47. The van der Waals surface area contributed by atoms with E-state index in [0.717, 1.165) is 19.3 Å². The van der Waals surface area contributed by atoms with Crippen LogP contribution in [0.15, 0.2) is 5.76 Å². The minimum Gasteiger partial charge on any atom is -0.490 e. The molecule has 3 heteroatoms. The van der Waals surface area contributed by atoms with E-state index in [1.165, 1.54) is 7.11 Å². The number of ether oxygens (including phenoxy) is 1. The molecule has 0 spiro atoms. The molecular formula is C8H15NO2. The highest BCUT2D eigenvalue weighted by molar-refractivity contribution is 5.49. The number of carbonyl (C=O) groups excluding carboxylic acids is 1. The van der Waals surface area contributed by atoms with Gasteiger partial charge in [0.05, 0.1) is 7.11 Å². The van der Waals surface area contributed by atoms with E-state index in [4.69, 9.17) is 10.5 Å². The van der Waals surface area contributed by atoms with Crippen LogP contribution < -0.4 is 5.73 Å². The summed E-state index contributed by atoms with van der Waals surface area (Å²) in [6.45, 7) is 0.715. The van der Waals surface area contributed by atoms with Crippen molar-refractivity contribution in [3.8, 4) is 0 Å². The van der Waals surface area contributed by atoms with Crippen LogP contribution in [0.5, 0.6) is 0 Å². The standard InChI is InChI=1S/C8H15NO2/c1-11-8(7-10)5-3-2-4-6-9/h2-6,9H2,1H3. The SMILES string of the molecule is COC(=C=O)CCCCCN. The summed E-state index contributed by atoms with van der Waals surface area (Å²) < 4.78 is 4.74. The minimum absolute atomic E-state index is 0.405. The van der Waals surface area contributed by atoms with Crippen LogP contribution in [0.2, 0.25) is 0 Å². The zero-order valence-electron chi connectivity index (χ0n) is 6.93. The van der Waals surface area contributed by atoms with E-state index in [-0.39, 0.29) is 0 Å². The van der Waals surface area contributed by atoms with Crippen molar-refractivity contribution in [2.75, 3.05) is 13.7 Å². The molecule has 2 N–H and O–H groups in total. The number of nitrogens with two attached hydrogens (primary N) is 1. The van der Waals surface area contributed by atoms with Gasteiger partial charge in [0.15, 0.2) is 11.7 Å². The van der Waals surface area contributed by atoms with E-state index in [0.29, 0.717) is 18.7 Å². The van der Waals surface area contributed by atoms with Gasteiger partial charge in [0.25, 0.3) is 0 Å². The zero-order valence-corrected chi connectivity index (χ0v) is 6.93. The van der Waals surface area contributed by atoms with Gasteiger partial charge in [-0.3, -0.25) is 0 Å². The van der Waals surface area contributed by atoms with E-state index < -0.39 is 0 Å². The maximum absolute atomic E-state index is 10.1. The van der Waals surface area contributed by atoms with Crippen molar-refractivity contribution in [2.24, 2.45) is 5.73 Å². The first kappa shape index (κ1) is 10.2. The summed E-state index contributed by atoms with van der Waals surface area (Å²) in [5.41, 5.74) is 5.29. The molecule has 3 nitrogen and oxygen atoms in total. The van der Waals surface area contributed by atoms with Crippen LogP contribution >= 0.6 is 0 Å². The van der Waals surface area contributed by atoms with Crippen molar-refractivity contribution in [3.05, 3.63) is 5.76 Å². The topological polar surface area (TPSA) is 52.3 Å². The van der Waals surface area contributed by atoms with Gasteiger partial charge in [-0.25, -0.2) is 4.79 Å². The summed E-state index contributed by atoms with van der Waals surface area (Å²) in [5, 5.41) is 0. The maximum Gasteiger partial charge on any atom is 0.179 e. The predicted octanol–water partition coefficient (Wildman–Crippen LogP) is 0.867. The Balaban J connectivity index is 3.30. The van der Waals surface area contributed by atoms with Gasteiger partial charge in [0.2, 0.25) is 0 Å². The van der Waals surface area contributed by atoms with Crippen LogP contribution in [-0.2, 0) is 9.53 Å². The quantitative estimate of drug-likeness (QED) is 0.353. The molecule has 0 aromatic rings. The molecule has 0 saturated carbocycles. The van der Waals surface area contributed by atoms with Gasteiger partial charge in [-0.05, 0) is 19.4 Å². The number of methoxy groups -OCH3 is 1. The molecule has 11 heavy (non-hydrogen) atoms. The first-order valence-electron chi connectivity index (χ1n) is 3.83. The number of rotatable bonds is 6. The second-order valence-corrected chi connectivity index (χ2v) is 2.33. The van der Waals surface area contributed by atoms with Crippen molar-refractivity contribution in [3.63, 3.8) is 0 Å². The van der Waals surface area contributed by atoms with Crippen LogP contribution in [0.4, 0.5) is 0 Å². The molecule has 0 aliphatic rings. The van der Waals surface area contributed by atoms with Gasteiger partial charge in [0, 0.05) is 6.42 Å². The Morgan fingerprint density at radius 1 is 1.45 bits per heavy atom. The van der Waals surface area contributed by atoms with Crippen LogP contribution in [0.1, 0.15) is 25.7 Å². The normalized spacial score (nSPS) is 8.91. The van der Waals surface area contributed by atoms with Crippen LogP contribution in [0.3, 0.4) is 0 Å². The van der Waals surface area contributed by atoms with E-state index in [9.17, 15) is 4.79 Å². The summed E-state index contributed by atoms with van der Waals surface area (Å²) in [5.74, 6) is 2.15. The number of allylic oxidation sites excluding steroid dienone is 1. The maximum atomic E-state index is 10.1. The number of unbranched alkanes of at least 4 members (excludes halogenated alkanes) is 2. The van der Waals surface area contributed by atoms with E-state index in [1.807, 2.05) is 0 Å². The van der Waals surface area contributed by atoms with Crippen LogP contribution in [-0.4, -0.2) is 19.6 Å². The molecule has 0 aliphatic carbocycles. The summed E-state index contributed by atoms with van der Waals surface area (Å²) in [6, 6.07) is 0. The van der Waals surface area contributed by atoms with Gasteiger partial charge < -0.3 is 10.5 Å². The Bertz CT molecular complexity index is 139. The fourth-order valence-electron chi connectivity index (χ4n) is 0.801. The van der Waals surface area contributed by atoms with Crippen LogP contribution in [0.25, 0.3) is 0 Å². The molecule has 0 heterocycles. The van der Waals surface area contributed by atoms with E-state index >= 15 is 0 Å². The first-order chi connectivity index (χ1) is 5.35. The molecule has 0 saturated heterocycles. The highest BCUT2D eigenvalue weighted by atomic mass is 16.5. The summed E-state index contributed by atoms with van der Waals surface area (Å²) >= 11 is 0. The van der Waals surface area contributed by atoms with Gasteiger partial charge in [-0.15, -0.1) is 0 Å². The molecule has 0 unspecified atom stereocenters. The lowest BCUT2D eigenvalue weighted by atomic mass is 10.2. The fraction of sp³-hybridized carbons (Fsp3) is 0.750. The Labute approximate surface area is 67.2 Å². The molecule has 0 aromatic heterocycles. The Kier molecular flexibility index (Phi) is 6.79. The highest BCUT2D eigenvalue weighted by Gasteiger charge is 1.95. The summed E-state index contributed by atoms with van der Waals surface area (Å²) in [7, 11) is 1.49. The van der Waals surface area contributed by atoms with Gasteiger partial charge in [0.1, 0.15) is 0 Å². The average molecular weight is 157 g/mol. The number of hydrogen-bond acceptors (Lipinski definition) is 3. The Hall–Kier alpha value is -0.790. The second-order valence-electron chi connectivity index (χ2n) is 2.33. The molecular weight excluding hydrogens is 142 g/mol. The Morgan fingerprint density at radius 3 is 2.64 bits per heavy atom. The smallest absolute Gasteiger partial charge is 0.179 e. The lowest BCUT2D eigenvalue weighted by Gasteiger charge is -1.99. The van der Waals surface area contributed by atoms with Crippen molar-refractivity contribution in [1.29, 1.82) is 0 Å². The van der Waals surface area contributed by atoms with Crippen molar-refractivity contribution in [2.45, 2.75) is 25.7 Å². The third kappa shape index (κ3) is 5.64. The van der Waals surface area contributed by atoms with Gasteiger partial charge in [-0.2, -0.15) is 0 Å². The van der Waals surface area contributed by atoms with Crippen molar-refractivity contribution in [1.82, 2.24) is 0 Å². The molecule has 0 aromatic carbocycles. The fourth-order valence-corrected chi connectivity index (χ4v) is 0.801. The lowest BCUT2D eigenvalue weighted by Crippen LogP contribution is -1.98. The van der Waals surface area contributed by atoms with Crippen LogP contribution in [0, 0.1) is 0 Å². The monoisotopic (exact) mass is 157 g/mol. The number of hydrogen-bond donors (Lipinski definition) is 1. The molecule has 0 aliphatic heterocycles. The Morgan fingerprint density at radius 2 is 2.18 bits per heavy atom. The lowest BCUT2D eigenvalue weighted by molar-refractivity contribution is 0.277. The van der Waals surface area contributed by atoms with Gasteiger partial charge >= 0.3 is 0 Å². The zero-order chi connectivity index (χ0) is 8.53. The van der Waals surface area contributed by atoms with Crippen molar-refractivity contribution >= 4 is 5.94 Å². The molecule has 0 fully saturated rings. The first-order valence-corrected chi connectivity index (χ1v) is 3.83. The van der Waals surface area contributed by atoms with Gasteiger partial charge in [-0.1, -0.05) is 6.42 Å². The van der Waals surface area contributed by atoms with E-state index in [1.54, 1.807) is 5.94 Å². The molecule has 0 bridgehead atoms. The summed E-state index contributed by atoms with van der Waals surface area (Å²) in [4.78, 5) is 10.1. The van der Waals surface area contributed by atoms with Crippen molar-refractivity contribution < 1.29 is 9.53 Å². The molecule has 0 radical (unpaired) electrons. The molecule has 0 rings (SSSR count). The molecule has 64 valence electrons. The average Bonchev–Trinajstić information content (AvgIpc) is 2.05. The summed E-state index contributed by atoms with van der Waals surface area (Å²) in [6.07, 6.45) is 3.69. The van der Waals surface area contributed by atoms with E-state index in [2.05, 4.69) is 0 Å². The largest absolute Gasteiger partial charge is 0.490 e. The minimum atomic E-state index is 0.405. The predicted molar refractivity (Wildman–Crippen MR) is 43.7 cm³/mol. The third-order valence-electron chi connectivity index (χ3n) is 1.47. The second kappa shape index (κ2) is 7.32. The molecule has 0 atom stereocenters. The molecule has 0 amide bonds.